The van der Waals surface area contributed by atoms with E-state index in [2.05, 4.69) is 46.7 Å². The molecule has 1 aromatic carbocycles. The summed E-state index contributed by atoms with van der Waals surface area (Å²) in [5.41, 5.74) is 1.29. The molecule has 2 fully saturated rings. The highest BCUT2D eigenvalue weighted by molar-refractivity contribution is 5.80. The summed E-state index contributed by atoms with van der Waals surface area (Å²) in [4.78, 5) is 21.7. The minimum absolute atomic E-state index is 0.268. The highest BCUT2D eigenvalue weighted by Crippen LogP contribution is 2.18. The van der Waals surface area contributed by atoms with E-state index in [9.17, 15) is 4.79 Å². The predicted molar refractivity (Wildman–Crippen MR) is 119 cm³/mol. The standard InChI is InChI=1S/C23H37N5O/c1-2-24-23(25-12-8-15-27-13-6-7-14-27)26-18-21-17-22(29)28(19-21)16-11-20-9-4-3-5-10-20/h3-5,9-10,21H,2,6-8,11-19H2,1H3,(H2,24,25,26). The van der Waals surface area contributed by atoms with Crippen LogP contribution in [-0.4, -0.2) is 74.0 Å². The molecule has 2 heterocycles. The van der Waals surface area contributed by atoms with E-state index < -0.39 is 0 Å². The van der Waals surface area contributed by atoms with Gasteiger partial charge in [0.05, 0.1) is 0 Å². The lowest BCUT2D eigenvalue weighted by Crippen LogP contribution is -2.39. The van der Waals surface area contributed by atoms with Crippen molar-refractivity contribution in [3.8, 4) is 0 Å². The molecule has 0 aromatic heterocycles. The maximum atomic E-state index is 12.4. The largest absolute Gasteiger partial charge is 0.357 e. The van der Waals surface area contributed by atoms with Crippen LogP contribution in [0.15, 0.2) is 35.3 Å². The third-order valence-corrected chi connectivity index (χ3v) is 5.80. The van der Waals surface area contributed by atoms with Crippen LogP contribution in [0, 0.1) is 5.92 Å². The first kappa shape index (κ1) is 21.6. The summed E-state index contributed by atoms with van der Waals surface area (Å²) in [5, 5.41) is 6.78. The smallest absolute Gasteiger partial charge is 0.223 e. The SMILES string of the molecule is CCNC(=NCC1CC(=O)N(CCc2ccccc2)C1)NCCCN1CCCC1. The van der Waals surface area contributed by atoms with Crippen LogP contribution >= 0.6 is 0 Å². The average Bonchev–Trinajstić information content (AvgIpc) is 3.38. The van der Waals surface area contributed by atoms with Crippen molar-refractivity contribution in [1.29, 1.82) is 0 Å². The number of carbonyl (C=O) groups excluding carboxylic acids is 1. The second-order valence-electron chi connectivity index (χ2n) is 8.19. The van der Waals surface area contributed by atoms with E-state index in [1.807, 2.05) is 11.0 Å². The highest BCUT2D eigenvalue weighted by atomic mass is 16.2. The van der Waals surface area contributed by atoms with Crippen LogP contribution in [0.5, 0.6) is 0 Å². The second kappa shape index (κ2) is 11.8. The first-order valence-electron chi connectivity index (χ1n) is 11.3. The van der Waals surface area contributed by atoms with E-state index >= 15 is 0 Å². The third-order valence-electron chi connectivity index (χ3n) is 5.80. The minimum atomic E-state index is 0.268. The fraction of sp³-hybridized carbons (Fsp3) is 0.652. The van der Waals surface area contributed by atoms with E-state index in [0.717, 1.165) is 45.0 Å². The Morgan fingerprint density at radius 3 is 2.69 bits per heavy atom. The number of hydrogen-bond acceptors (Lipinski definition) is 3. The third kappa shape index (κ3) is 7.35. The van der Waals surface area contributed by atoms with Crippen molar-refractivity contribution in [2.24, 2.45) is 10.9 Å². The first-order chi connectivity index (χ1) is 14.2. The van der Waals surface area contributed by atoms with Crippen molar-refractivity contribution in [2.45, 2.75) is 39.0 Å². The van der Waals surface area contributed by atoms with Crippen molar-refractivity contribution < 1.29 is 4.79 Å². The zero-order valence-corrected chi connectivity index (χ0v) is 17.9. The van der Waals surface area contributed by atoms with Crippen LogP contribution in [-0.2, 0) is 11.2 Å². The Hall–Kier alpha value is -2.08. The number of nitrogens with zero attached hydrogens (tertiary/aromatic N) is 3. The van der Waals surface area contributed by atoms with Gasteiger partial charge in [0.1, 0.15) is 0 Å². The van der Waals surface area contributed by atoms with Gasteiger partial charge in [0, 0.05) is 45.1 Å². The van der Waals surface area contributed by atoms with Crippen molar-refractivity contribution >= 4 is 11.9 Å². The number of amides is 1. The molecule has 0 aliphatic carbocycles. The molecule has 160 valence electrons. The second-order valence-corrected chi connectivity index (χ2v) is 8.19. The van der Waals surface area contributed by atoms with Gasteiger partial charge in [-0.1, -0.05) is 30.3 Å². The van der Waals surface area contributed by atoms with Crippen LogP contribution < -0.4 is 10.6 Å². The fourth-order valence-electron chi connectivity index (χ4n) is 4.18. The molecule has 0 radical (unpaired) electrons. The van der Waals surface area contributed by atoms with Crippen LogP contribution in [0.25, 0.3) is 0 Å². The number of carbonyl (C=O) groups is 1. The molecule has 29 heavy (non-hydrogen) atoms. The van der Waals surface area contributed by atoms with E-state index in [1.165, 1.54) is 38.0 Å². The number of hydrogen-bond donors (Lipinski definition) is 2. The van der Waals surface area contributed by atoms with Gasteiger partial charge in [0.15, 0.2) is 5.96 Å². The summed E-state index contributed by atoms with van der Waals surface area (Å²) in [7, 11) is 0. The van der Waals surface area contributed by atoms with Gasteiger partial charge in [0.2, 0.25) is 5.91 Å². The summed E-state index contributed by atoms with van der Waals surface area (Å²) < 4.78 is 0. The number of likely N-dealkylation sites (tertiary alicyclic amines) is 2. The van der Waals surface area contributed by atoms with Gasteiger partial charge < -0.3 is 20.4 Å². The molecule has 1 amide bonds. The minimum Gasteiger partial charge on any atom is -0.357 e. The highest BCUT2D eigenvalue weighted by Gasteiger charge is 2.29. The molecule has 1 unspecified atom stereocenters. The van der Waals surface area contributed by atoms with Gasteiger partial charge in [-0.2, -0.15) is 0 Å². The molecule has 6 heteroatoms. The van der Waals surface area contributed by atoms with Crippen LogP contribution in [0.2, 0.25) is 0 Å². The topological polar surface area (TPSA) is 60.0 Å². The maximum absolute atomic E-state index is 12.4. The van der Waals surface area contributed by atoms with Crippen molar-refractivity contribution in [3.63, 3.8) is 0 Å². The van der Waals surface area contributed by atoms with Gasteiger partial charge in [-0.3, -0.25) is 9.79 Å². The molecule has 1 atom stereocenters. The monoisotopic (exact) mass is 399 g/mol. The van der Waals surface area contributed by atoms with Crippen LogP contribution in [0.3, 0.4) is 0 Å². The number of rotatable bonds is 10. The summed E-state index contributed by atoms with van der Waals surface area (Å²) in [6, 6.07) is 10.4. The molecule has 0 spiro atoms. The molecular formula is C23H37N5O. The Labute approximate surface area is 175 Å². The van der Waals surface area contributed by atoms with E-state index in [-0.39, 0.29) is 5.91 Å². The zero-order chi connectivity index (χ0) is 20.3. The van der Waals surface area contributed by atoms with Crippen LogP contribution in [0.4, 0.5) is 0 Å². The normalized spacial score (nSPS) is 20.4. The van der Waals surface area contributed by atoms with Crippen molar-refractivity contribution in [2.75, 3.05) is 52.4 Å². The molecule has 2 N–H and O–H groups in total. The molecule has 2 aliphatic heterocycles. The van der Waals surface area contributed by atoms with E-state index in [4.69, 9.17) is 4.99 Å². The lowest BCUT2D eigenvalue weighted by Gasteiger charge is -2.17. The quantitative estimate of drug-likeness (QED) is 0.359. The van der Waals surface area contributed by atoms with Crippen molar-refractivity contribution in [3.05, 3.63) is 35.9 Å². The summed E-state index contributed by atoms with van der Waals surface area (Å²) in [5.74, 6) is 1.46. The van der Waals surface area contributed by atoms with Gasteiger partial charge in [0.25, 0.3) is 0 Å². The Morgan fingerprint density at radius 2 is 1.93 bits per heavy atom. The lowest BCUT2D eigenvalue weighted by molar-refractivity contribution is -0.127. The number of benzene rings is 1. The van der Waals surface area contributed by atoms with Gasteiger partial charge >= 0.3 is 0 Å². The molecule has 3 rings (SSSR count). The molecule has 0 bridgehead atoms. The Morgan fingerprint density at radius 1 is 1.14 bits per heavy atom. The summed E-state index contributed by atoms with van der Waals surface area (Å²) in [6.07, 6.45) is 5.37. The van der Waals surface area contributed by atoms with E-state index in [0.29, 0.717) is 18.9 Å². The first-order valence-corrected chi connectivity index (χ1v) is 11.3. The van der Waals surface area contributed by atoms with Gasteiger partial charge in [-0.15, -0.1) is 0 Å². The fourth-order valence-corrected chi connectivity index (χ4v) is 4.18. The van der Waals surface area contributed by atoms with Crippen molar-refractivity contribution in [1.82, 2.24) is 20.4 Å². The summed E-state index contributed by atoms with van der Waals surface area (Å²) in [6.45, 7) is 9.89. The van der Waals surface area contributed by atoms with Crippen LogP contribution in [0.1, 0.15) is 38.2 Å². The molecule has 6 nitrogen and oxygen atoms in total. The average molecular weight is 400 g/mol. The van der Waals surface area contributed by atoms with E-state index in [1.54, 1.807) is 0 Å². The summed E-state index contributed by atoms with van der Waals surface area (Å²) >= 11 is 0. The maximum Gasteiger partial charge on any atom is 0.223 e. The van der Waals surface area contributed by atoms with Gasteiger partial charge in [-0.25, -0.2) is 0 Å². The van der Waals surface area contributed by atoms with Gasteiger partial charge in [-0.05, 0) is 57.8 Å². The molecular weight excluding hydrogens is 362 g/mol. The number of nitrogens with one attached hydrogen (secondary N) is 2. The molecule has 2 saturated heterocycles. The Bertz CT molecular complexity index is 642. The number of aliphatic imine (C=N–C) groups is 1. The molecule has 2 aliphatic rings. The Kier molecular flexibility index (Phi) is 8.81. The Balaban J connectivity index is 1.38. The predicted octanol–water partition coefficient (Wildman–Crippen LogP) is 2.12. The number of guanidine groups is 1. The zero-order valence-electron chi connectivity index (χ0n) is 17.9. The molecule has 1 aromatic rings. The molecule has 0 saturated carbocycles. The lowest BCUT2D eigenvalue weighted by atomic mass is 10.1.